The summed E-state index contributed by atoms with van der Waals surface area (Å²) in [5.41, 5.74) is 2.94. The van der Waals surface area contributed by atoms with Gasteiger partial charge in [0.15, 0.2) is 0 Å². The van der Waals surface area contributed by atoms with Crippen LogP contribution in [0.1, 0.15) is 39.7 Å². The standard InChI is InChI=1S/C16H23NO3P.K/c1-5-19-21(18,20-6-2)12-11-16(4)13(3)17-15-10-8-7-9-14(15)16;/h8-10H,5-6,11-12H2,1-4H3;/q-1;+1. The molecule has 0 aliphatic carbocycles. The Morgan fingerprint density at radius 1 is 1.32 bits per heavy atom. The van der Waals surface area contributed by atoms with Gasteiger partial charge >= 0.3 is 59.0 Å². The third kappa shape index (κ3) is 4.40. The average Bonchev–Trinajstić information content (AvgIpc) is 2.70. The summed E-state index contributed by atoms with van der Waals surface area (Å²) in [5.74, 6) is 0. The molecule has 0 aromatic heterocycles. The van der Waals surface area contributed by atoms with Crippen LogP contribution < -0.4 is 51.4 Å². The first kappa shape index (κ1) is 20.7. The van der Waals surface area contributed by atoms with Gasteiger partial charge in [-0.1, -0.05) is 6.92 Å². The van der Waals surface area contributed by atoms with Gasteiger partial charge in [0.05, 0.1) is 19.4 Å². The van der Waals surface area contributed by atoms with Crippen LogP contribution in [0.15, 0.2) is 23.2 Å². The third-order valence-electron chi connectivity index (χ3n) is 4.06. The summed E-state index contributed by atoms with van der Waals surface area (Å²) in [6.45, 7) is 8.61. The van der Waals surface area contributed by atoms with E-state index in [1.807, 2.05) is 39.0 Å². The topological polar surface area (TPSA) is 47.9 Å². The summed E-state index contributed by atoms with van der Waals surface area (Å²) in [4.78, 5) is 4.62. The van der Waals surface area contributed by atoms with Crippen LogP contribution in [0.3, 0.4) is 0 Å². The van der Waals surface area contributed by atoms with E-state index in [0.29, 0.717) is 25.8 Å². The van der Waals surface area contributed by atoms with Crippen LogP contribution in [0.25, 0.3) is 0 Å². The van der Waals surface area contributed by atoms with E-state index < -0.39 is 7.60 Å². The molecule has 6 heteroatoms. The Morgan fingerprint density at radius 2 is 1.95 bits per heavy atom. The van der Waals surface area contributed by atoms with Crippen molar-refractivity contribution in [2.75, 3.05) is 19.4 Å². The van der Waals surface area contributed by atoms with Crippen LogP contribution >= 0.6 is 7.60 Å². The van der Waals surface area contributed by atoms with Crippen LogP contribution in [0.2, 0.25) is 0 Å². The van der Waals surface area contributed by atoms with Gasteiger partial charge in [-0.05, 0) is 38.3 Å². The van der Waals surface area contributed by atoms with E-state index in [2.05, 4.69) is 18.0 Å². The molecule has 0 saturated carbocycles. The molecule has 22 heavy (non-hydrogen) atoms. The van der Waals surface area contributed by atoms with E-state index in [1.54, 1.807) is 0 Å². The first-order chi connectivity index (χ1) is 9.95. The Balaban J connectivity index is 0.00000242. The maximum absolute atomic E-state index is 12.6. The van der Waals surface area contributed by atoms with Gasteiger partial charge < -0.3 is 9.05 Å². The minimum absolute atomic E-state index is 0. The zero-order chi connectivity index (χ0) is 15.5. The molecule has 1 heterocycles. The molecule has 1 unspecified atom stereocenters. The predicted molar refractivity (Wildman–Crippen MR) is 85.7 cm³/mol. The molecule has 1 aliphatic heterocycles. The van der Waals surface area contributed by atoms with Crippen LogP contribution in [-0.4, -0.2) is 25.1 Å². The van der Waals surface area contributed by atoms with Gasteiger partial charge in [0.1, 0.15) is 0 Å². The number of aliphatic imine (C=N–C) groups is 1. The van der Waals surface area contributed by atoms with Crippen LogP contribution in [0.4, 0.5) is 5.69 Å². The molecule has 1 aliphatic rings. The summed E-state index contributed by atoms with van der Waals surface area (Å²) in [5, 5.41) is 0. The molecule has 0 radical (unpaired) electrons. The second-order valence-corrected chi connectivity index (χ2v) is 7.58. The van der Waals surface area contributed by atoms with Crippen molar-refractivity contribution < 1.29 is 65.0 Å². The molecular formula is C16H23KNO3P. The molecular weight excluding hydrogens is 324 g/mol. The summed E-state index contributed by atoms with van der Waals surface area (Å²) < 4.78 is 23.4. The molecule has 1 aromatic rings. The first-order valence-corrected chi connectivity index (χ1v) is 9.12. The predicted octanol–water partition coefficient (Wildman–Crippen LogP) is 1.51. The summed E-state index contributed by atoms with van der Waals surface area (Å²) in [6, 6.07) is 8.92. The van der Waals surface area contributed by atoms with Crippen LogP contribution in [0, 0.1) is 6.07 Å². The molecule has 0 saturated heterocycles. The van der Waals surface area contributed by atoms with Crippen molar-refractivity contribution in [3.63, 3.8) is 0 Å². The van der Waals surface area contributed by atoms with Crippen molar-refractivity contribution >= 4 is 19.0 Å². The van der Waals surface area contributed by atoms with E-state index in [4.69, 9.17) is 9.05 Å². The Labute approximate surface area is 176 Å². The molecule has 2 rings (SSSR count). The van der Waals surface area contributed by atoms with Crippen molar-refractivity contribution in [3.05, 3.63) is 29.8 Å². The van der Waals surface area contributed by atoms with Crippen LogP contribution in [-0.2, 0) is 19.0 Å². The van der Waals surface area contributed by atoms with Crippen LogP contribution in [0.5, 0.6) is 0 Å². The maximum Gasteiger partial charge on any atom is 1.00 e. The summed E-state index contributed by atoms with van der Waals surface area (Å²) >= 11 is 0. The minimum Gasteiger partial charge on any atom is -0.309 e. The van der Waals surface area contributed by atoms with E-state index in [-0.39, 0.29) is 56.8 Å². The van der Waals surface area contributed by atoms with E-state index in [1.165, 1.54) is 0 Å². The number of benzene rings is 1. The van der Waals surface area contributed by atoms with Gasteiger partial charge in [0, 0.05) is 5.71 Å². The maximum atomic E-state index is 12.6. The van der Waals surface area contributed by atoms with Gasteiger partial charge in [0.25, 0.3) is 0 Å². The Bertz CT molecular complexity index is 581. The van der Waals surface area contributed by atoms with Crippen molar-refractivity contribution in [1.82, 2.24) is 0 Å². The third-order valence-corrected chi connectivity index (χ3v) is 6.13. The molecule has 0 N–H and O–H groups in total. The minimum atomic E-state index is -3.02. The molecule has 1 aromatic carbocycles. The zero-order valence-corrected chi connectivity index (χ0v) is 18.2. The Hall–Kier alpha value is 0.676. The zero-order valence-electron chi connectivity index (χ0n) is 14.2. The fourth-order valence-corrected chi connectivity index (χ4v) is 4.54. The normalized spacial score (nSPS) is 20.3. The Morgan fingerprint density at radius 3 is 2.55 bits per heavy atom. The van der Waals surface area contributed by atoms with Crippen molar-refractivity contribution in [3.8, 4) is 0 Å². The van der Waals surface area contributed by atoms with E-state index >= 15 is 0 Å². The van der Waals surface area contributed by atoms with Gasteiger partial charge in [-0.25, -0.2) is 0 Å². The molecule has 0 amide bonds. The van der Waals surface area contributed by atoms with Crippen molar-refractivity contribution in [2.24, 2.45) is 4.99 Å². The number of nitrogens with zero attached hydrogens (tertiary/aromatic N) is 1. The van der Waals surface area contributed by atoms with E-state index in [0.717, 1.165) is 17.0 Å². The average molecular weight is 347 g/mol. The second kappa shape index (κ2) is 8.68. The SMILES string of the molecule is CCOP(=O)(CCC1(C)C(C)=Nc2cc[c-]cc21)OCC.[K+]. The monoisotopic (exact) mass is 347 g/mol. The van der Waals surface area contributed by atoms with Gasteiger partial charge in [-0.15, -0.1) is 11.6 Å². The first-order valence-electron chi connectivity index (χ1n) is 7.39. The fourth-order valence-electron chi connectivity index (χ4n) is 2.70. The second-order valence-electron chi connectivity index (χ2n) is 5.39. The molecule has 0 fully saturated rings. The number of rotatable bonds is 7. The smallest absolute Gasteiger partial charge is 0.309 e. The molecule has 0 spiro atoms. The molecule has 4 nitrogen and oxygen atoms in total. The van der Waals surface area contributed by atoms with Crippen molar-refractivity contribution in [1.29, 1.82) is 0 Å². The Kier molecular flexibility index (Phi) is 8.17. The fraction of sp³-hybridized carbons (Fsp3) is 0.562. The number of hydrogen-bond acceptors (Lipinski definition) is 4. The molecule has 0 bridgehead atoms. The number of fused-ring (bicyclic) bond motifs is 1. The van der Waals surface area contributed by atoms with E-state index in [9.17, 15) is 4.57 Å². The van der Waals surface area contributed by atoms with Gasteiger partial charge in [-0.2, -0.15) is 18.2 Å². The molecule has 1 atom stereocenters. The number of hydrogen-bond donors (Lipinski definition) is 0. The largest absolute Gasteiger partial charge is 1.00 e. The van der Waals surface area contributed by atoms with Crippen molar-refractivity contribution in [2.45, 2.75) is 39.5 Å². The summed E-state index contributed by atoms with van der Waals surface area (Å²) in [6.07, 6.45) is 1.08. The summed E-state index contributed by atoms with van der Waals surface area (Å²) in [7, 11) is -3.02. The van der Waals surface area contributed by atoms with Gasteiger partial charge in [-0.3, -0.25) is 9.56 Å². The van der Waals surface area contributed by atoms with Gasteiger partial charge in [0.2, 0.25) is 0 Å². The molecule has 116 valence electrons. The quantitative estimate of drug-likeness (QED) is 0.427.